The van der Waals surface area contributed by atoms with Gasteiger partial charge in [-0.15, -0.1) is 11.8 Å². The second-order valence-corrected chi connectivity index (χ2v) is 8.38. The monoisotopic (exact) mass is 461 g/mol. The number of carboxylic acids is 1. The first-order valence-electron chi connectivity index (χ1n) is 10.3. The lowest BCUT2D eigenvalue weighted by molar-refractivity contribution is -0.139. The van der Waals surface area contributed by atoms with Crippen molar-refractivity contribution in [2.75, 3.05) is 6.61 Å². The third kappa shape index (κ3) is 6.17. The van der Waals surface area contributed by atoms with Crippen molar-refractivity contribution >= 4 is 17.7 Å². The summed E-state index contributed by atoms with van der Waals surface area (Å²) in [4.78, 5) is 16.3. The maximum Gasteiger partial charge on any atom is 0.341 e. The van der Waals surface area contributed by atoms with Crippen LogP contribution in [0.3, 0.4) is 0 Å². The molecule has 0 fully saturated rings. The van der Waals surface area contributed by atoms with Gasteiger partial charge in [-0.2, -0.15) is 0 Å². The molecule has 1 heterocycles. The number of rotatable bonds is 10. The van der Waals surface area contributed by atoms with E-state index in [0.717, 1.165) is 38.6 Å². The van der Waals surface area contributed by atoms with E-state index in [0.29, 0.717) is 18.1 Å². The minimum Gasteiger partial charge on any atom is -0.489 e. The Morgan fingerprint density at radius 1 is 1.06 bits per heavy atom. The molecule has 0 saturated heterocycles. The number of aryl methyl sites for hydroxylation is 1. The smallest absolute Gasteiger partial charge is 0.341 e. The van der Waals surface area contributed by atoms with Gasteiger partial charge >= 0.3 is 5.97 Å². The van der Waals surface area contributed by atoms with Gasteiger partial charge in [0.05, 0.1) is 5.69 Å². The van der Waals surface area contributed by atoms with Crippen LogP contribution in [0.25, 0.3) is 11.1 Å². The van der Waals surface area contributed by atoms with Crippen LogP contribution in [0.2, 0.25) is 0 Å². The lowest BCUT2D eigenvalue weighted by atomic mass is 10.0. The molecule has 4 aromatic rings. The fourth-order valence-corrected chi connectivity index (χ4v) is 4.17. The number of oxazole rings is 1. The third-order valence-corrected chi connectivity index (χ3v) is 6.09. The Bertz CT molecular complexity index is 1190. The van der Waals surface area contributed by atoms with Gasteiger partial charge in [0.15, 0.2) is 13.0 Å². The molecule has 0 unspecified atom stereocenters. The van der Waals surface area contributed by atoms with E-state index in [9.17, 15) is 4.79 Å². The Labute approximate surface area is 196 Å². The number of hydrogen-bond donors (Lipinski definition) is 1. The number of ether oxygens (including phenoxy) is 2. The Morgan fingerprint density at radius 3 is 2.55 bits per heavy atom. The van der Waals surface area contributed by atoms with E-state index in [-0.39, 0.29) is 0 Å². The minimum atomic E-state index is -1.02. The second kappa shape index (κ2) is 10.7. The van der Waals surface area contributed by atoms with Crippen molar-refractivity contribution in [3.63, 3.8) is 0 Å². The summed E-state index contributed by atoms with van der Waals surface area (Å²) in [7, 11) is 0. The van der Waals surface area contributed by atoms with Gasteiger partial charge < -0.3 is 19.0 Å². The van der Waals surface area contributed by atoms with Gasteiger partial charge in [0, 0.05) is 16.2 Å². The van der Waals surface area contributed by atoms with Crippen molar-refractivity contribution in [1.82, 2.24) is 4.98 Å². The predicted octanol–water partition coefficient (Wildman–Crippen LogP) is 5.98. The summed E-state index contributed by atoms with van der Waals surface area (Å²) >= 11 is 1.64. The quantitative estimate of drug-likeness (QED) is 0.291. The van der Waals surface area contributed by atoms with Gasteiger partial charge in [0.1, 0.15) is 24.4 Å². The molecule has 4 rings (SSSR count). The average Bonchev–Trinajstić information content (AvgIpc) is 3.35. The van der Waals surface area contributed by atoms with Crippen molar-refractivity contribution in [3.05, 3.63) is 96.2 Å². The van der Waals surface area contributed by atoms with E-state index in [2.05, 4.69) is 4.98 Å². The van der Waals surface area contributed by atoms with Crippen LogP contribution in [0.15, 0.2) is 88.7 Å². The molecule has 7 heteroatoms. The van der Waals surface area contributed by atoms with Crippen LogP contribution in [0.1, 0.15) is 16.8 Å². The summed E-state index contributed by atoms with van der Waals surface area (Å²) in [6, 6.07) is 21.6. The molecule has 33 heavy (non-hydrogen) atoms. The zero-order valence-electron chi connectivity index (χ0n) is 18.1. The van der Waals surface area contributed by atoms with Crippen LogP contribution >= 0.6 is 11.8 Å². The van der Waals surface area contributed by atoms with Crippen LogP contribution in [0, 0.1) is 6.92 Å². The maximum atomic E-state index is 11.1. The molecule has 168 valence electrons. The first kappa shape index (κ1) is 22.5. The highest BCUT2D eigenvalue weighted by atomic mass is 32.2. The normalized spacial score (nSPS) is 10.7. The molecule has 0 aliphatic carbocycles. The molecular weight excluding hydrogens is 438 g/mol. The summed E-state index contributed by atoms with van der Waals surface area (Å²) < 4.78 is 16.5. The molecule has 0 spiro atoms. The highest BCUT2D eigenvalue weighted by Crippen LogP contribution is 2.38. The molecule has 0 bridgehead atoms. The number of aliphatic carboxylic acids is 1. The lowest BCUT2D eigenvalue weighted by Gasteiger charge is -2.15. The molecule has 0 radical (unpaired) electrons. The molecule has 6 nitrogen and oxygen atoms in total. The topological polar surface area (TPSA) is 81.8 Å². The SMILES string of the molecule is Cc1cc(OCC(=O)O)c(-c2ccc(OCc3ccccc3)cc2)cc1SCc1cocn1. The Balaban J connectivity index is 1.56. The lowest BCUT2D eigenvalue weighted by Crippen LogP contribution is -2.10. The zero-order chi connectivity index (χ0) is 23.0. The van der Waals surface area contributed by atoms with E-state index in [1.165, 1.54) is 6.39 Å². The number of nitrogens with zero attached hydrogens (tertiary/aromatic N) is 1. The molecule has 0 amide bonds. The summed E-state index contributed by atoms with van der Waals surface area (Å²) in [5.41, 5.74) is 4.67. The van der Waals surface area contributed by atoms with E-state index in [4.69, 9.17) is 19.0 Å². The molecular formula is C26H23NO5S. The maximum absolute atomic E-state index is 11.1. The standard InChI is InChI=1S/C26H23NO5S/c1-18-11-24(32-15-26(28)29)23(12-25(18)33-16-21-14-30-17-27-21)20-7-9-22(10-8-20)31-13-19-5-3-2-4-6-19/h2-12,14,17H,13,15-16H2,1H3,(H,28,29). The molecule has 0 aliphatic rings. The fourth-order valence-electron chi connectivity index (χ4n) is 3.23. The van der Waals surface area contributed by atoms with Gasteiger partial charge in [0.25, 0.3) is 0 Å². The van der Waals surface area contributed by atoms with Gasteiger partial charge in [-0.05, 0) is 47.9 Å². The van der Waals surface area contributed by atoms with E-state index >= 15 is 0 Å². The Morgan fingerprint density at radius 2 is 1.85 bits per heavy atom. The van der Waals surface area contributed by atoms with Crippen LogP contribution < -0.4 is 9.47 Å². The number of benzene rings is 3. The highest BCUT2D eigenvalue weighted by molar-refractivity contribution is 7.98. The number of carbonyl (C=O) groups is 1. The van der Waals surface area contributed by atoms with Crippen LogP contribution in [0.4, 0.5) is 0 Å². The van der Waals surface area contributed by atoms with Crippen LogP contribution in [0.5, 0.6) is 11.5 Å². The van der Waals surface area contributed by atoms with E-state index < -0.39 is 12.6 Å². The molecule has 0 saturated carbocycles. The summed E-state index contributed by atoms with van der Waals surface area (Å²) in [5, 5.41) is 9.08. The van der Waals surface area contributed by atoms with Crippen molar-refractivity contribution in [3.8, 4) is 22.6 Å². The summed E-state index contributed by atoms with van der Waals surface area (Å²) in [6.07, 6.45) is 3.04. The number of aromatic nitrogens is 1. The van der Waals surface area contributed by atoms with E-state index in [1.54, 1.807) is 18.0 Å². The first-order chi connectivity index (χ1) is 16.1. The average molecular weight is 462 g/mol. The summed E-state index contributed by atoms with van der Waals surface area (Å²) in [5.74, 6) is 0.924. The van der Waals surface area contributed by atoms with Gasteiger partial charge in [0.2, 0.25) is 0 Å². The van der Waals surface area contributed by atoms with Crippen molar-refractivity contribution < 1.29 is 23.8 Å². The van der Waals surface area contributed by atoms with Gasteiger partial charge in [-0.3, -0.25) is 0 Å². The molecule has 0 aliphatic heterocycles. The van der Waals surface area contributed by atoms with Crippen LogP contribution in [-0.2, 0) is 17.2 Å². The molecule has 0 atom stereocenters. The van der Waals surface area contributed by atoms with Crippen molar-refractivity contribution in [1.29, 1.82) is 0 Å². The molecule has 1 aromatic heterocycles. The van der Waals surface area contributed by atoms with Gasteiger partial charge in [-0.1, -0.05) is 42.5 Å². The Hall–Kier alpha value is -3.71. The van der Waals surface area contributed by atoms with Gasteiger partial charge in [-0.25, -0.2) is 9.78 Å². The predicted molar refractivity (Wildman–Crippen MR) is 127 cm³/mol. The fraction of sp³-hybridized carbons (Fsp3) is 0.154. The van der Waals surface area contributed by atoms with E-state index in [1.807, 2.05) is 73.7 Å². The Kier molecular flexibility index (Phi) is 7.32. The van der Waals surface area contributed by atoms with Crippen LogP contribution in [-0.4, -0.2) is 22.7 Å². The minimum absolute atomic E-state index is 0.407. The largest absolute Gasteiger partial charge is 0.489 e. The number of hydrogen-bond acceptors (Lipinski definition) is 6. The van der Waals surface area contributed by atoms with Crippen molar-refractivity contribution in [2.45, 2.75) is 24.2 Å². The van der Waals surface area contributed by atoms with Crippen molar-refractivity contribution in [2.24, 2.45) is 0 Å². The highest BCUT2D eigenvalue weighted by Gasteiger charge is 2.14. The second-order valence-electron chi connectivity index (χ2n) is 7.36. The zero-order valence-corrected chi connectivity index (χ0v) is 18.9. The molecule has 3 aromatic carbocycles. The number of thioether (sulfide) groups is 1. The summed E-state index contributed by atoms with van der Waals surface area (Å²) in [6.45, 7) is 2.06. The first-order valence-corrected chi connectivity index (χ1v) is 11.3. The third-order valence-electron chi connectivity index (χ3n) is 4.90. The molecule has 1 N–H and O–H groups in total. The number of carboxylic acid groups (broad SMARTS) is 1.